The number of piperidine rings is 1. The predicted molar refractivity (Wildman–Crippen MR) is 73.5 cm³/mol. The summed E-state index contributed by atoms with van der Waals surface area (Å²) in [4.78, 5) is 6.88. The molecule has 0 spiro atoms. The van der Waals surface area contributed by atoms with Gasteiger partial charge in [-0.25, -0.2) is 4.98 Å². The molecule has 3 nitrogen and oxygen atoms in total. The fraction of sp³-hybridized carbons (Fsp3) is 0.615. The van der Waals surface area contributed by atoms with E-state index < -0.39 is 0 Å². The van der Waals surface area contributed by atoms with E-state index in [0.717, 1.165) is 30.0 Å². The third-order valence-electron chi connectivity index (χ3n) is 3.27. The molecular weight excluding hydrogens is 280 g/mol. The molecule has 0 aliphatic carbocycles. The molecule has 2 heterocycles. The molecule has 0 saturated carbocycles. The van der Waals surface area contributed by atoms with Crippen molar-refractivity contribution in [3.05, 3.63) is 22.3 Å². The molecule has 1 fully saturated rings. The molecule has 0 atom stereocenters. The summed E-state index contributed by atoms with van der Waals surface area (Å²) in [6, 6.07) is 2.13. The maximum absolute atomic E-state index is 5.22. The molecule has 94 valence electrons. The van der Waals surface area contributed by atoms with Crippen LogP contribution in [0.1, 0.15) is 18.4 Å². The van der Waals surface area contributed by atoms with E-state index in [4.69, 9.17) is 4.74 Å². The first-order valence-electron chi connectivity index (χ1n) is 6.06. The Morgan fingerprint density at radius 1 is 1.47 bits per heavy atom. The van der Waals surface area contributed by atoms with Gasteiger partial charge in [-0.1, -0.05) is 0 Å². The maximum atomic E-state index is 5.22. The van der Waals surface area contributed by atoms with Crippen molar-refractivity contribution < 1.29 is 4.74 Å². The summed E-state index contributed by atoms with van der Waals surface area (Å²) in [5, 5.41) is 0. The highest BCUT2D eigenvalue weighted by Crippen LogP contribution is 2.28. The summed E-state index contributed by atoms with van der Waals surface area (Å²) in [6.45, 7) is 5.09. The Balaban J connectivity index is 2.00. The van der Waals surface area contributed by atoms with Crippen LogP contribution in [-0.2, 0) is 4.74 Å². The van der Waals surface area contributed by atoms with Gasteiger partial charge in [-0.05, 0) is 53.2 Å². The number of pyridine rings is 1. The number of methoxy groups -OCH3 is 1. The molecule has 2 rings (SSSR count). The quantitative estimate of drug-likeness (QED) is 0.858. The molecule has 17 heavy (non-hydrogen) atoms. The minimum absolute atomic E-state index is 0.709. The van der Waals surface area contributed by atoms with Gasteiger partial charge >= 0.3 is 0 Å². The van der Waals surface area contributed by atoms with Crippen LogP contribution in [0.4, 0.5) is 5.82 Å². The highest BCUT2D eigenvalue weighted by Gasteiger charge is 2.21. The van der Waals surface area contributed by atoms with Crippen LogP contribution in [0.25, 0.3) is 0 Å². The van der Waals surface area contributed by atoms with E-state index >= 15 is 0 Å². The summed E-state index contributed by atoms with van der Waals surface area (Å²) in [7, 11) is 1.78. The molecule has 0 N–H and O–H groups in total. The molecule has 1 aromatic rings. The number of ether oxygens (including phenoxy) is 1. The molecule has 1 saturated heterocycles. The average Bonchev–Trinajstić information content (AvgIpc) is 2.31. The maximum Gasteiger partial charge on any atom is 0.142 e. The minimum Gasteiger partial charge on any atom is -0.384 e. The van der Waals surface area contributed by atoms with Gasteiger partial charge in [0.25, 0.3) is 0 Å². The monoisotopic (exact) mass is 298 g/mol. The van der Waals surface area contributed by atoms with Crippen LogP contribution in [0.3, 0.4) is 0 Å². The van der Waals surface area contributed by atoms with Gasteiger partial charge in [-0.2, -0.15) is 0 Å². The Kier molecular flexibility index (Phi) is 4.40. The van der Waals surface area contributed by atoms with Crippen molar-refractivity contribution in [2.45, 2.75) is 19.8 Å². The number of aryl methyl sites for hydroxylation is 1. The lowest BCUT2D eigenvalue weighted by Crippen LogP contribution is -2.35. The zero-order valence-electron chi connectivity index (χ0n) is 10.4. The second kappa shape index (κ2) is 5.83. The second-order valence-corrected chi connectivity index (χ2v) is 5.56. The van der Waals surface area contributed by atoms with Gasteiger partial charge in [-0.15, -0.1) is 0 Å². The Labute approximate surface area is 111 Å². The molecular formula is C13H19BrN2O. The highest BCUT2D eigenvalue weighted by atomic mass is 79.9. The molecule has 1 aliphatic rings. The average molecular weight is 299 g/mol. The Hall–Kier alpha value is -0.610. The number of aromatic nitrogens is 1. The van der Waals surface area contributed by atoms with Crippen molar-refractivity contribution in [3.8, 4) is 0 Å². The van der Waals surface area contributed by atoms with E-state index in [1.165, 1.54) is 18.4 Å². The van der Waals surface area contributed by atoms with Crippen LogP contribution in [-0.4, -0.2) is 31.8 Å². The van der Waals surface area contributed by atoms with Crippen molar-refractivity contribution in [1.82, 2.24) is 4.98 Å². The first-order chi connectivity index (χ1) is 8.20. The molecule has 1 aromatic heterocycles. The van der Waals surface area contributed by atoms with Crippen molar-refractivity contribution in [2.75, 3.05) is 31.7 Å². The number of hydrogen-bond donors (Lipinski definition) is 0. The first kappa shape index (κ1) is 12.8. The number of hydrogen-bond acceptors (Lipinski definition) is 3. The smallest absolute Gasteiger partial charge is 0.142 e. The lowest BCUT2D eigenvalue weighted by Gasteiger charge is -2.33. The Bertz CT molecular complexity index is 376. The fourth-order valence-corrected chi connectivity index (χ4v) is 3.02. The SMILES string of the molecule is COCC1CCN(c2ncc(C)cc2Br)CC1. The summed E-state index contributed by atoms with van der Waals surface area (Å²) < 4.78 is 6.32. The van der Waals surface area contributed by atoms with Crippen molar-refractivity contribution >= 4 is 21.7 Å². The fourth-order valence-electron chi connectivity index (χ4n) is 2.31. The van der Waals surface area contributed by atoms with Crippen molar-refractivity contribution in [1.29, 1.82) is 0 Å². The molecule has 0 amide bonds. The van der Waals surface area contributed by atoms with Gasteiger partial charge in [0.15, 0.2) is 0 Å². The van der Waals surface area contributed by atoms with Crippen LogP contribution in [0.15, 0.2) is 16.7 Å². The topological polar surface area (TPSA) is 25.4 Å². The van der Waals surface area contributed by atoms with Crippen molar-refractivity contribution in [3.63, 3.8) is 0 Å². The predicted octanol–water partition coefficient (Wildman–Crippen LogP) is 3.02. The summed E-state index contributed by atoms with van der Waals surface area (Å²) >= 11 is 3.60. The number of nitrogens with zero attached hydrogens (tertiary/aromatic N) is 2. The highest BCUT2D eigenvalue weighted by molar-refractivity contribution is 9.10. The van der Waals surface area contributed by atoms with E-state index in [-0.39, 0.29) is 0 Å². The van der Waals surface area contributed by atoms with E-state index in [2.05, 4.69) is 38.8 Å². The Morgan fingerprint density at radius 3 is 2.76 bits per heavy atom. The third-order valence-corrected chi connectivity index (χ3v) is 3.86. The molecule has 4 heteroatoms. The summed E-state index contributed by atoms with van der Waals surface area (Å²) in [5.41, 5.74) is 1.19. The van der Waals surface area contributed by atoms with E-state index in [1.807, 2.05) is 6.20 Å². The number of anilines is 1. The minimum atomic E-state index is 0.709. The van der Waals surface area contributed by atoms with Gasteiger partial charge in [0.1, 0.15) is 5.82 Å². The second-order valence-electron chi connectivity index (χ2n) is 4.70. The lowest BCUT2D eigenvalue weighted by atomic mass is 9.98. The normalized spacial score (nSPS) is 17.5. The van der Waals surface area contributed by atoms with Gasteiger partial charge in [0.05, 0.1) is 4.47 Å². The number of rotatable bonds is 3. The third kappa shape index (κ3) is 3.19. The standard InChI is InChI=1S/C13H19BrN2O/c1-10-7-12(14)13(15-8-10)16-5-3-11(4-6-16)9-17-2/h7-8,11H,3-6,9H2,1-2H3. The molecule has 0 unspecified atom stereocenters. The van der Waals surface area contributed by atoms with E-state index in [0.29, 0.717) is 5.92 Å². The molecule has 0 radical (unpaired) electrons. The first-order valence-corrected chi connectivity index (χ1v) is 6.86. The van der Waals surface area contributed by atoms with E-state index in [1.54, 1.807) is 7.11 Å². The van der Waals surface area contributed by atoms with Gasteiger partial charge in [-0.3, -0.25) is 0 Å². The largest absolute Gasteiger partial charge is 0.384 e. The molecule has 0 aromatic carbocycles. The van der Waals surface area contributed by atoms with Crippen LogP contribution >= 0.6 is 15.9 Å². The van der Waals surface area contributed by atoms with Crippen LogP contribution in [0, 0.1) is 12.8 Å². The lowest BCUT2D eigenvalue weighted by molar-refractivity contribution is 0.139. The molecule has 1 aliphatic heterocycles. The van der Waals surface area contributed by atoms with Gasteiger partial charge in [0, 0.05) is 33.0 Å². The molecule has 0 bridgehead atoms. The van der Waals surface area contributed by atoms with Crippen molar-refractivity contribution in [2.24, 2.45) is 5.92 Å². The summed E-state index contributed by atoms with van der Waals surface area (Å²) in [6.07, 6.45) is 4.31. The zero-order valence-corrected chi connectivity index (χ0v) is 12.0. The number of halogens is 1. The Morgan fingerprint density at radius 2 is 2.18 bits per heavy atom. The summed E-state index contributed by atoms with van der Waals surface area (Å²) in [5.74, 6) is 1.78. The zero-order chi connectivity index (χ0) is 12.3. The van der Waals surface area contributed by atoms with Crippen LogP contribution in [0.2, 0.25) is 0 Å². The van der Waals surface area contributed by atoms with E-state index in [9.17, 15) is 0 Å². The van der Waals surface area contributed by atoms with Crippen LogP contribution < -0.4 is 4.90 Å². The van der Waals surface area contributed by atoms with Crippen LogP contribution in [0.5, 0.6) is 0 Å². The van der Waals surface area contributed by atoms with Gasteiger partial charge < -0.3 is 9.64 Å². The van der Waals surface area contributed by atoms with Gasteiger partial charge in [0.2, 0.25) is 0 Å².